The molecule has 33 heavy (non-hydrogen) atoms. The summed E-state index contributed by atoms with van der Waals surface area (Å²) in [6, 6.07) is 18.2. The molecule has 0 aliphatic heterocycles. The summed E-state index contributed by atoms with van der Waals surface area (Å²) in [5.74, 6) is 1.47. The number of fused-ring (bicyclic) bond motifs is 1. The summed E-state index contributed by atoms with van der Waals surface area (Å²) in [5.41, 5.74) is 7.94. The first-order valence-corrected chi connectivity index (χ1v) is 13.4. The fourth-order valence-corrected chi connectivity index (χ4v) is 3.71. The number of para-hydroxylation sites is 1. The monoisotopic (exact) mass is 521 g/mol. The number of benzene rings is 2. The number of halogens is 2. The Morgan fingerprint density at radius 3 is 2.06 bits per heavy atom. The van der Waals surface area contributed by atoms with Crippen LogP contribution in [0.25, 0.3) is 10.9 Å². The van der Waals surface area contributed by atoms with Crippen molar-refractivity contribution >= 4 is 53.9 Å². The first-order valence-electron chi connectivity index (χ1n) is 10.3. The molecule has 4 nitrogen and oxygen atoms in total. The summed E-state index contributed by atoms with van der Waals surface area (Å²) in [6.07, 6.45) is 1.79. The third-order valence-corrected chi connectivity index (χ3v) is 5.13. The topological polar surface area (TPSA) is 50.8 Å². The number of hydrogen-bond donors (Lipinski definition) is 0. The van der Waals surface area contributed by atoms with Gasteiger partial charge in [-0.15, -0.1) is 0 Å². The van der Waals surface area contributed by atoms with Gasteiger partial charge in [0.25, 0.3) is 0 Å². The average Bonchev–Trinajstić information content (AvgIpc) is 3.28. The van der Waals surface area contributed by atoms with Crippen LogP contribution in [0.15, 0.2) is 75.2 Å². The Hall–Kier alpha value is -2.43. The Morgan fingerprint density at radius 2 is 1.42 bits per heavy atom. The molecule has 4 aromatic rings. The van der Waals surface area contributed by atoms with E-state index in [0.717, 1.165) is 45.2 Å². The van der Waals surface area contributed by atoms with Gasteiger partial charge in [0.2, 0.25) is 0 Å². The summed E-state index contributed by atoms with van der Waals surface area (Å²) in [6.45, 7) is 10.2. The summed E-state index contributed by atoms with van der Waals surface area (Å²) in [4.78, 5) is 14.1. The molecule has 0 saturated heterocycles. The molecule has 0 atom stereocenters. The third-order valence-electron chi connectivity index (χ3n) is 5.13. The van der Waals surface area contributed by atoms with Crippen LogP contribution in [-0.4, -0.2) is 16.4 Å². The molecule has 4 rings (SSSR count). The molecule has 0 saturated carbocycles. The van der Waals surface area contributed by atoms with Gasteiger partial charge in [-0.1, -0.05) is 35.9 Å². The van der Waals surface area contributed by atoms with Gasteiger partial charge in [0, 0.05) is 11.6 Å². The summed E-state index contributed by atoms with van der Waals surface area (Å²) >= 11 is 0.194. The second kappa shape index (κ2) is 11.6. The maximum atomic E-state index is 6.09. The van der Waals surface area contributed by atoms with Crippen LogP contribution in [0.5, 0.6) is 0 Å². The van der Waals surface area contributed by atoms with Crippen LogP contribution in [0.2, 0.25) is 0 Å². The summed E-state index contributed by atoms with van der Waals surface area (Å²) < 4.78 is 6.09. The van der Waals surface area contributed by atoms with Crippen molar-refractivity contribution in [2.24, 2.45) is 9.98 Å². The molecule has 0 N–H and O–H groups in total. The average molecular weight is 522 g/mol. The van der Waals surface area contributed by atoms with E-state index in [2.05, 4.69) is 37.9 Å². The molecule has 2 aromatic carbocycles. The molecule has 0 fully saturated rings. The molecule has 0 spiro atoms. The van der Waals surface area contributed by atoms with E-state index >= 15 is 0 Å². The molecule has 2 aromatic heterocycles. The van der Waals surface area contributed by atoms with Crippen LogP contribution in [0.4, 0.5) is 11.4 Å². The van der Waals surface area contributed by atoms with Gasteiger partial charge in [-0.25, -0.2) is 9.98 Å². The van der Waals surface area contributed by atoms with Gasteiger partial charge in [-0.05, 0) is 70.0 Å². The Balaban J connectivity index is 0.000000968. The molecule has 0 unspecified atom stereocenters. The van der Waals surface area contributed by atoms with Crippen LogP contribution in [0.1, 0.15) is 42.1 Å². The number of rotatable bonds is 4. The number of aromatic nitrogens is 1. The predicted molar refractivity (Wildman–Crippen MR) is 137 cm³/mol. The molecule has 0 radical (unpaired) electrons. The van der Waals surface area contributed by atoms with Crippen molar-refractivity contribution < 1.29 is 17.6 Å². The van der Waals surface area contributed by atoms with Gasteiger partial charge in [0.05, 0.1) is 28.3 Å². The van der Waals surface area contributed by atoms with Crippen LogP contribution in [0, 0.1) is 20.8 Å². The standard InChI is InChI=1S/C26H25N3O.2ClH.Fe/c1-16-14-17(2)25(18(3)15-16)29-20(5)24-12-11-23(30-24)19(4)28-22-10-6-8-21-9-7-13-27-26(21)22;;;/h6-15H,1-5H3;2*1H;/q;;;+2/p-2. The predicted octanol–water partition coefficient (Wildman–Crippen LogP) is 8.41. The molecule has 7 heteroatoms. The van der Waals surface area contributed by atoms with Gasteiger partial charge in [0.1, 0.15) is 11.5 Å². The molecule has 0 bridgehead atoms. The quantitative estimate of drug-likeness (QED) is 0.200. The van der Waals surface area contributed by atoms with E-state index in [0.29, 0.717) is 0 Å². The minimum absolute atomic E-state index is 0.194. The van der Waals surface area contributed by atoms with Crippen molar-refractivity contribution in [3.8, 4) is 0 Å². The number of furan rings is 1. The van der Waals surface area contributed by atoms with Gasteiger partial charge in [0.15, 0.2) is 0 Å². The van der Waals surface area contributed by atoms with Crippen LogP contribution in [0.3, 0.4) is 0 Å². The molecule has 0 aliphatic rings. The van der Waals surface area contributed by atoms with Crippen LogP contribution in [-0.2, 0) is 13.1 Å². The van der Waals surface area contributed by atoms with E-state index < -0.39 is 0 Å². The Labute approximate surface area is 209 Å². The molecular weight excluding hydrogens is 497 g/mol. The third kappa shape index (κ3) is 6.33. The zero-order chi connectivity index (χ0) is 24.0. The van der Waals surface area contributed by atoms with Crippen LogP contribution < -0.4 is 0 Å². The van der Waals surface area contributed by atoms with Crippen molar-refractivity contribution in [2.45, 2.75) is 34.6 Å². The minimum atomic E-state index is 0.194. The van der Waals surface area contributed by atoms with Crippen molar-refractivity contribution in [3.63, 3.8) is 0 Å². The molecular formula is C26H25Cl2FeN3O. The SMILES string of the molecule is CC(=Nc1c(C)cc(C)cc1C)c1ccc(C(C)=Nc2cccc3cccnc23)o1.[Cl][Fe][Cl]. The van der Waals surface area contributed by atoms with Crippen LogP contribution >= 0.6 is 20.2 Å². The van der Waals surface area contributed by atoms with E-state index in [1.807, 2.05) is 56.3 Å². The Kier molecular flexibility index (Phi) is 8.87. The Morgan fingerprint density at radius 1 is 0.848 bits per heavy atom. The fourth-order valence-electron chi connectivity index (χ4n) is 3.71. The first-order chi connectivity index (χ1) is 15.8. The van der Waals surface area contributed by atoms with Crippen molar-refractivity contribution in [2.75, 3.05) is 0 Å². The zero-order valence-electron chi connectivity index (χ0n) is 19.1. The molecule has 0 aliphatic carbocycles. The van der Waals surface area contributed by atoms with E-state index in [1.165, 1.54) is 16.7 Å². The molecule has 172 valence electrons. The normalized spacial score (nSPS) is 12.1. The zero-order valence-corrected chi connectivity index (χ0v) is 21.7. The van der Waals surface area contributed by atoms with E-state index in [1.54, 1.807) is 6.20 Å². The maximum absolute atomic E-state index is 6.09. The van der Waals surface area contributed by atoms with Gasteiger partial charge in [-0.3, -0.25) is 4.98 Å². The number of aliphatic imine (C=N–C) groups is 2. The van der Waals surface area contributed by atoms with Gasteiger partial charge >= 0.3 is 33.3 Å². The number of hydrogen-bond acceptors (Lipinski definition) is 4. The molecule has 2 heterocycles. The number of aryl methyl sites for hydroxylation is 3. The van der Waals surface area contributed by atoms with Crippen molar-refractivity contribution in [1.29, 1.82) is 0 Å². The summed E-state index contributed by atoms with van der Waals surface area (Å²) in [5, 5.41) is 1.07. The number of nitrogens with zero attached hydrogens (tertiary/aromatic N) is 3. The van der Waals surface area contributed by atoms with E-state index in [9.17, 15) is 0 Å². The van der Waals surface area contributed by atoms with Gasteiger partial charge in [-0.2, -0.15) is 0 Å². The second-order valence-corrected chi connectivity index (χ2v) is 9.53. The van der Waals surface area contributed by atoms with E-state index in [-0.39, 0.29) is 13.1 Å². The summed E-state index contributed by atoms with van der Waals surface area (Å²) in [7, 11) is 9.53. The molecule has 0 amide bonds. The van der Waals surface area contributed by atoms with Gasteiger partial charge < -0.3 is 4.42 Å². The van der Waals surface area contributed by atoms with Crippen molar-refractivity contribution in [3.05, 3.63) is 89.0 Å². The number of pyridine rings is 1. The van der Waals surface area contributed by atoms with Crippen molar-refractivity contribution in [1.82, 2.24) is 4.98 Å². The first kappa shape index (κ1) is 25.2. The second-order valence-electron chi connectivity index (χ2n) is 7.71. The fraction of sp³-hybridized carbons (Fsp3) is 0.192. The van der Waals surface area contributed by atoms with E-state index in [4.69, 9.17) is 34.6 Å². The Bertz CT molecular complexity index is 1300.